The maximum atomic E-state index is 12.4. The van der Waals surface area contributed by atoms with Crippen molar-refractivity contribution in [3.63, 3.8) is 0 Å². The van der Waals surface area contributed by atoms with E-state index in [1.807, 2.05) is 162 Å². The Labute approximate surface area is 640 Å². The van der Waals surface area contributed by atoms with Crippen LogP contribution in [0, 0.1) is 63.2 Å². The van der Waals surface area contributed by atoms with Crippen LogP contribution in [0.4, 0.5) is 0 Å². The molecule has 3 N–H and O–H groups in total. The third-order valence-electron chi connectivity index (χ3n) is 21.6. The molecule has 4 aliphatic heterocycles. The van der Waals surface area contributed by atoms with Crippen molar-refractivity contribution in [1.29, 1.82) is 0 Å². The van der Waals surface area contributed by atoms with E-state index in [1.165, 1.54) is 62.6 Å². The number of ketones is 1. The van der Waals surface area contributed by atoms with Gasteiger partial charge in [0.2, 0.25) is 0 Å². The Balaban J connectivity index is 0.00000114. The zero-order valence-electron chi connectivity index (χ0n) is 65.8. The molecule has 5 aliphatic rings. The van der Waals surface area contributed by atoms with Gasteiger partial charge < -0.3 is 15.3 Å². The molecule has 0 amide bonds. The lowest BCUT2D eigenvalue weighted by Gasteiger charge is -2.57. The molecule has 12 heteroatoms. The Morgan fingerprint density at radius 2 is 0.865 bits per heavy atom. The van der Waals surface area contributed by atoms with E-state index in [2.05, 4.69) is 259 Å². The number of halogens is 4. The fraction of sp³-hybridized carbons (Fsp3) is 0.607. The number of aliphatic hydroxyl groups excluding tert-OH is 1. The summed E-state index contributed by atoms with van der Waals surface area (Å²) in [5, 5.41) is 30.0. The third-order valence-corrected chi connectivity index (χ3v) is 30.7. The van der Waals surface area contributed by atoms with Crippen LogP contribution in [0.15, 0.2) is 104 Å². The number of fused-ring (bicyclic) bond motifs is 5. The first kappa shape index (κ1) is 94.7. The molecule has 0 radical (unpaired) electrons. The van der Waals surface area contributed by atoms with Crippen LogP contribution >= 0.6 is 111 Å². The molecule has 544 valence electrons. The van der Waals surface area contributed by atoms with Gasteiger partial charge >= 0.3 is 0 Å². The van der Waals surface area contributed by atoms with Crippen LogP contribution in [-0.2, 0) is 17.4 Å². The highest BCUT2D eigenvalue weighted by Gasteiger charge is 2.54. The van der Waals surface area contributed by atoms with E-state index >= 15 is 0 Å². The summed E-state index contributed by atoms with van der Waals surface area (Å²) in [4.78, 5) is 17.6. The van der Waals surface area contributed by atoms with Gasteiger partial charge in [-0.1, -0.05) is 241 Å². The zero-order valence-corrected chi connectivity index (χ0v) is 75.4. The van der Waals surface area contributed by atoms with Gasteiger partial charge in [0, 0.05) is 85.0 Å². The number of hydrogen-bond donors (Lipinski definition) is 3. The number of allylic oxidation sites excluding steroid dienone is 1. The first-order valence-corrected chi connectivity index (χ1v) is 41.4. The molecule has 5 unspecified atom stereocenters. The Morgan fingerprint density at radius 1 is 0.469 bits per heavy atom. The number of aliphatic hydroxyl groups is 3. The van der Waals surface area contributed by atoms with Crippen LogP contribution in [0.25, 0.3) is 5.57 Å². The van der Waals surface area contributed by atoms with Gasteiger partial charge in [-0.2, -0.15) is 0 Å². The molecular weight excluding hydrogens is 1520 g/mol. The maximum absolute atomic E-state index is 12.4. The molecule has 4 heterocycles. The van der Waals surface area contributed by atoms with Crippen molar-refractivity contribution in [3.05, 3.63) is 151 Å². The molecule has 5 atom stereocenters. The smallest absolute Gasteiger partial charge is 0.178 e. The highest BCUT2D eigenvalue weighted by molar-refractivity contribution is 9.11. The standard InChI is InChI=1S/C18H28O2.C14H19BrOS.C14H19BrS.C14H17BrS.C13H15BrOS.5C2H6.CH4/c1-11-13(15(19)20)9-8-12-10-16(2,3)18(6,7)17(4,5)14(11)12;1-8-10(15)6-7-11-12(8)14(5,16)9(2)13(3,4)17-11;2*1-8-10(3)14(4,5)16-12-7-6-11(15)9(2)13(8)12;1-7-9(14)5-6-10-11(7)12(15)8(2)13(3,4)16-10;5*1-2;/h8-9,15,19-20H,10H2,1-7H3;6-7,9,16H,1-5H3;6-8,10H,1-5H3;6-7H,1-5H3;5-6,8H,1-4H3;5*1-2H3;1H4. The molecule has 5 aromatic carbocycles. The average molecular weight is 1650 g/mol. The van der Waals surface area contributed by atoms with E-state index in [4.69, 9.17) is 0 Å². The first-order valence-electron chi connectivity index (χ1n) is 35.0. The molecule has 0 saturated heterocycles. The average Bonchev–Trinajstić information content (AvgIpc) is 0.720. The van der Waals surface area contributed by atoms with Crippen LogP contribution in [0.2, 0.25) is 0 Å². The summed E-state index contributed by atoms with van der Waals surface area (Å²) in [5.74, 6) is 1.90. The molecule has 96 heavy (non-hydrogen) atoms. The molecular formula is C84H132Br4O4S4. The summed E-state index contributed by atoms with van der Waals surface area (Å²) in [6, 6.07) is 21.0. The van der Waals surface area contributed by atoms with Crippen molar-refractivity contribution in [1.82, 2.24) is 0 Å². The Hall–Kier alpha value is -1.29. The van der Waals surface area contributed by atoms with E-state index in [9.17, 15) is 20.1 Å². The summed E-state index contributed by atoms with van der Waals surface area (Å²) in [6.45, 7) is 77.8. The van der Waals surface area contributed by atoms with Gasteiger partial charge in [-0.3, -0.25) is 4.79 Å². The highest BCUT2D eigenvalue weighted by Crippen LogP contribution is 2.60. The summed E-state index contributed by atoms with van der Waals surface area (Å²) in [5.41, 5.74) is 16.8. The van der Waals surface area contributed by atoms with E-state index < -0.39 is 11.9 Å². The van der Waals surface area contributed by atoms with Gasteiger partial charge in [-0.15, -0.1) is 47.0 Å². The third kappa shape index (κ3) is 20.2. The first-order chi connectivity index (χ1) is 43.6. The Bertz CT molecular complexity index is 3420. The molecule has 10 rings (SSSR count). The fourth-order valence-corrected chi connectivity index (χ4v) is 20.5. The second-order valence-electron chi connectivity index (χ2n) is 28.7. The number of hydrogen-bond acceptors (Lipinski definition) is 8. The predicted molar refractivity (Wildman–Crippen MR) is 449 cm³/mol. The summed E-state index contributed by atoms with van der Waals surface area (Å²) in [7, 11) is 0. The van der Waals surface area contributed by atoms with E-state index in [-0.39, 0.29) is 55.5 Å². The molecule has 4 nitrogen and oxygen atoms in total. The van der Waals surface area contributed by atoms with Gasteiger partial charge in [0.1, 0.15) is 0 Å². The molecule has 5 aromatic rings. The fourth-order valence-electron chi connectivity index (χ4n) is 13.3. The van der Waals surface area contributed by atoms with Crippen LogP contribution in [0.3, 0.4) is 0 Å². The van der Waals surface area contributed by atoms with Crippen LogP contribution in [0.5, 0.6) is 0 Å². The number of carbonyl (C=O) groups excluding carboxylic acids is 1. The maximum Gasteiger partial charge on any atom is 0.178 e. The normalized spacial score (nSPS) is 22.1. The molecule has 0 saturated carbocycles. The van der Waals surface area contributed by atoms with Gasteiger partial charge in [0.25, 0.3) is 0 Å². The van der Waals surface area contributed by atoms with Crippen molar-refractivity contribution < 1.29 is 20.1 Å². The van der Waals surface area contributed by atoms with Crippen LogP contribution in [-0.4, -0.2) is 40.1 Å². The summed E-state index contributed by atoms with van der Waals surface area (Å²) >= 11 is 22.0. The van der Waals surface area contributed by atoms with Gasteiger partial charge in [0.05, 0.1) is 5.60 Å². The number of benzene rings is 5. The minimum absolute atomic E-state index is 0. The second kappa shape index (κ2) is 37.9. The Kier molecular flexibility index (Phi) is 37.4. The minimum Gasteiger partial charge on any atom is -0.385 e. The van der Waals surface area contributed by atoms with Gasteiger partial charge in [-0.25, -0.2) is 0 Å². The molecule has 0 spiro atoms. The second-order valence-corrected chi connectivity index (χ2v) is 38.9. The van der Waals surface area contributed by atoms with Crippen LogP contribution < -0.4 is 0 Å². The van der Waals surface area contributed by atoms with E-state index in [1.54, 1.807) is 5.56 Å². The zero-order chi connectivity index (χ0) is 74.8. The van der Waals surface area contributed by atoms with Crippen molar-refractivity contribution in [2.45, 2.75) is 325 Å². The largest absolute Gasteiger partial charge is 0.385 e. The summed E-state index contributed by atoms with van der Waals surface area (Å²) < 4.78 is 5.14. The molecule has 0 aromatic heterocycles. The van der Waals surface area contributed by atoms with Crippen molar-refractivity contribution in [3.8, 4) is 0 Å². The number of rotatable bonds is 1. The molecule has 1 aliphatic carbocycles. The van der Waals surface area contributed by atoms with Gasteiger partial charge in [0.15, 0.2) is 12.1 Å². The van der Waals surface area contributed by atoms with E-state index in [0.29, 0.717) is 22.1 Å². The lowest BCUT2D eigenvalue weighted by atomic mass is 9.47. The quantitative estimate of drug-likeness (QED) is 0.143. The van der Waals surface area contributed by atoms with Crippen LogP contribution in [0.1, 0.15) is 306 Å². The highest BCUT2D eigenvalue weighted by atomic mass is 79.9. The molecule has 0 fully saturated rings. The monoisotopic (exact) mass is 1650 g/mol. The number of carbonyl (C=O) groups is 1. The number of thioether (sulfide) groups is 4. The lowest BCUT2D eigenvalue weighted by Crippen LogP contribution is -2.52. The SMILES string of the molecule is C.CC.CC.CC.CC.CC.CC1=C(C)C(C)(C)Sc2ccc(Br)c(C)c21.Cc1c(Br)ccc2c1C(=O)C(C)C(C)(C)S2.Cc1c(Br)ccc2c1C(C)(O)C(C)C(C)(C)S2.Cc1c(Br)ccc2c1C(C)C(C)C(C)(C)S2.Cc1c(C(O)O)ccc2c1C(C)(C)C(C)(C)C(C)(C)C2. The van der Waals surface area contributed by atoms with Crippen molar-refractivity contribution >= 4 is 122 Å². The number of Topliss-reactive ketones (excluding diaryl/α,β-unsaturated/α-hetero) is 1. The lowest BCUT2D eigenvalue weighted by molar-refractivity contribution is -0.0435. The predicted octanol–water partition coefficient (Wildman–Crippen LogP) is 29.4. The Morgan fingerprint density at radius 3 is 1.33 bits per heavy atom. The molecule has 0 bridgehead atoms. The topological polar surface area (TPSA) is 77.8 Å². The van der Waals surface area contributed by atoms with Crippen molar-refractivity contribution in [2.75, 3.05) is 0 Å². The van der Waals surface area contributed by atoms with E-state index in [0.717, 1.165) is 48.1 Å². The van der Waals surface area contributed by atoms with Gasteiger partial charge in [-0.05, 0) is 236 Å². The van der Waals surface area contributed by atoms with Crippen molar-refractivity contribution in [2.24, 2.45) is 28.6 Å². The minimum atomic E-state index is -1.39. The summed E-state index contributed by atoms with van der Waals surface area (Å²) in [6.07, 6.45) is -0.365.